The summed E-state index contributed by atoms with van der Waals surface area (Å²) in [4.78, 5) is 26.3. The fourth-order valence-electron chi connectivity index (χ4n) is 3.76. The van der Waals surface area contributed by atoms with Crippen LogP contribution in [0.3, 0.4) is 0 Å². The minimum Gasteiger partial charge on any atom is -0.495 e. The number of ether oxygens (including phenoxy) is 2. The summed E-state index contributed by atoms with van der Waals surface area (Å²) in [5.74, 6) is -0.296. The second-order valence-electron chi connectivity index (χ2n) is 7.65. The van der Waals surface area contributed by atoms with Crippen LogP contribution in [0.15, 0.2) is 47.4 Å². The second-order valence-corrected chi connectivity index (χ2v) is 9.56. The highest BCUT2D eigenvalue weighted by molar-refractivity contribution is 7.89. The van der Waals surface area contributed by atoms with Gasteiger partial charge in [0.05, 0.1) is 26.9 Å². The molecule has 0 spiro atoms. The van der Waals surface area contributed by atoms with Gasteiger partial charge in [-0.15, -0.1) is 0 Å². The summed E-state index contributed by atoms with van der Waals surface area (Å²) in [5, 5.41) is 5.57. The predicted octanol–water partition coefficient (Wildman–Crippen LogP) is 0.905. The average Bonchev–Trinajstić information content (AvgIpc) is 2.84. The van der Waals surface area contributed by atoms with Gasteiger partial charge < -0.3 is 25.0 Å². The van der Waals surface area contributed by atoms with Gasteiger partial charge in [0.25, 0.3) is 5.91 Å². The number of amides is 2. The van der Waals surface area contributed by atoms with E-state index in [1.54, 1.807) is 12.1 Å². The van der Waals surface area contributed by atoms with Crippen molar-refractivity contribution < 1.29 is 27.5 Å². The van der Waals surface area contributed by atoms with Crippen LogP contribution in [-0.2, 0) is 19.6 Å². The summed E-state index contributed by atoms with van der Waals surface area (Å²) in [5.41, 5.74) is 1.63. The standard InChI is InChI=1S/C22H26N4O6S/c1-31-19-7-2-16(14-20(19)33(29,30)26-10-12-32-13-11-26)22(28)24-17-3-5-18(6-4-17)25-9-8-23-21(27)15-25/h2-7,14H,8-13,15H2,1H3,(H,23,27)(H,24,28). The molecule has 0 atom stereocenters. The third-order valence-corrected chi connectivity index (χ3v) is 7.46. The molecule has 2 fully saturated rings. The minimum absolute atomic E-state index is 0.0269. The van der Waals surface area contributed by atoms with Gasteiger partial charge in [0, 0.05) is 43.1 Å². The van der Waals surface area contributed by atoms with Gasteiger partial charge in [-0.05, 0) is 42.5 Å². The number of methoxy groups -OCH3 is 1. The van der Waals surface area contributed by atoms with Crippen molar-refractivity contribution in [1.29, 1.82) is 0 Å². The Labute approximate surface area is 192 Å². The molecule has 2 amide bonds. The number of carbonyl (C=O) groups excluding carboxylic acids is 2. The average molecular weight is 475 g/mol. The first-order valence-corrected chi connectivity index (χ1v) is 12.0. The maximum Gasteiger partial charge on any atom is 0.255 e. The van der Waals surface area contributed by atoms with E-state index in [2.05, 4.69) is 10.6 Å². The number of morpholine rings is 1. The fourth-order valence-corrected chi connectivity index (χ4v) is 5.35. The maximum absolute atomic E-state index is 13.1. The normalized spacial score (nSPS) is 17.4. The lowest BCUT2D eigenvalue weighted by Crippen LogP contribution is -2.47. The molecule has 2 aromatic carbocycles. The lowest BCUT2D eigenvalue weighted by atomic mass is 10.2. The third-order valence-electron chi connectivity index (χ3n) is 5.54. The number of hydrogen-bond donors (Lipinski definition) is 2. The maximum atomic E-state index is 13.1. The molecule has 0 saturated carbocycles. The van der Waals surface area contributed by atoms with Gasteiger partial charge in [0.1, 0.15) is 10.6 Å². The summed E-state index contributed by atoms with van der Waals surface area (Å²) in [6.07, 6.45) is 0. The molecule has 2 aliphatic heterocycles. The Balaban J connectivity index is 1.51. The van der Waals surface area contributed by atoms with Crippen LogP contribution in [-0.4, -0.2) is 77.6 Å². The van der Waals surface area contributed by atoms with E-state index in [4.69, 9.17) is 9.47 Å². The van der Waals surface area contributed by atoms with Crippen molar-refractivity contribution in [1.82, 2.24) is 9.62 Å². The molecular formula is C22H26N4O6S. The molecule has 10 nitrogen and oxygen atoms in total. The van der Waals surface area contributed by atoms with Gasteiger partial charge in [-0.2, -0.15) is 4.31 Å². The summed E-state index contributed by atoms with van der Waals surface area (Å²) in [6, 6.07) is 11.5. The van der Waals surface area contributed by atoms with Gasteiger partial charge in [-0.25, -0.2) is 8.42 Å². The molecule has 0 bridgehead atoms. The Bertz CT molecular complexity index is 1130. The Morgan fingerprint density at radius 2 is 1.82 bits per heavy atom. The Morgan fingerprint density at radius 3 is 2.48 bits per heavy atom. The van der Waals surface area contributed by atoms with Crippen molar-refractivity contribution in [3.8, 4) is 5.75 Å². The SMILES string of the molecule is COc1ccc(C(=O)Nc2ccc(N3CCNC(=O)C3)cc2)cc1S(=O)(=O)N1CCOCC1. The zero-order valence-corrected chi connectivity index (χ0v) is 19.1. The molecule has 11 heteroatoms. The van der Waals surface area contributed by atoms with E-state index in [9.17, 15) is 18.0 Å². The lowest BCUT2D eigenvalue weighted by Gasteiger charge is -2.28. The van der Waals surface area contributed by atoms with Crippen molar-refractivity contribution in [3.05, 3.63) is 48.0 Å². The van der Waals surface area contributed by atoms with Crippen molar-refractivity contribution in [2.24, 2.45) is 0 Å². The molecule has 2 aromatic rings. The number of nitrogens with zero attached hydrogens (tertiary/aromatic N) is 2. The monoisotopic (exact) mass is 474 g/mol. The first-order chi connectivity index (χ1) is 15.9. The van der Waals surface area contributed by atoms with E-state index in [-0.39, 0.29) is 41.7 Å². The zero-order chi connectivity index (χ0) is 23.4. The largest absolute Gasteiger partial charge is 0.495 e. The molecule has 33 heavy (non-hydrogen) atoms. The van der Waals surface area contributed by atoms with E-state index in [1.807, 2.05) is 17.0 Å². The summed E-state index contributed by atoms with van der Waals surface area (Å²) >= 11 is 0. The van der Waals surface area contributed by atoms with Crippen molar-refractivity contribution in [2.75, 3.05) is 63.3 Å². The van der Waals surface area contributed by atoms with Crippen LogP contribution < -0.4 is 20.3 Å². The van der Waals surface area contributed by atoms with Crippen molar-refractivity contribution in [3.63, 3.8) is 0 Å². The number of hydrogen-bond acceptors (Lipinski definition) is 7. The molecule has 2 aliphatic rings. The van der Waals surface area contributed by atoms with Crippen LogP contribution in [0.25, 0.3) is 0 Å². The van der Waals surface area contributed by atoms with E-state index >= 15 is 0 Å². The van der Waals surface area contributed by atoms with Crippen LogP contribution >= 0.6 is 0 Å². The van der Waals surface area contributed by atoms with Crippen molar-refractivity contribution in [2.45, 2.75) is 4.90 Å². The Morgan fingerprint density at radius 1 is 1.09 bits per heavy atom. The molecule has 4 rings (SSSR count). The quantitative estimate of drug-likeness (QED) is 0.639. The van der Waals surface area contributed by atoms with Crippen LogP contribution in [0.2, 0.25) is 0 Å². The van der Waals surface area contributed by atoms with Crippen molar-refractivity contribution >= 4 is 33.2 Å². The van der Waals surface area contributed by atoms with Crippen LogP contribution in [0.5, 0.6) is 5.75 Å². The third kappa shape index (κ3) is 5.10. The number of anilines is 2. The van der Waals surface area contributed by atoms with Crippen LogP contribution in [0.1, 0.15) is 10.4 Å². The van der Waals surface area contributed by atoms with E-state index in [0.717, 1.165) is 5.69 Å². The molecule has 0 unspecified atom stereocenters. The van der Waals surface area contributed by atoms with Gasteiger partial charge >= 0.3 is 0 Å². The summed E-state index contributed by atoms with van der Waals surface area (Å²) < 4.78 is 38.1. The van der Waals surface area contributed by atoms with E-state index in [0.29, 0.717) is 32.0 Å². The molecule has 2 heterocycles. The molecule has 0 aromatic heterocycles. The molecule has 0 radical (unpaired) electrons. The van der Waals surface area contributed by atoms with Gasteiger partial charge in [-0.1, -0.05) is 0 Å². The molecule has 0 aliphatic carbocycles. The highest BCUT2D eigenvalue weighted by Crippen LogP contribution is 2.29. The highest BCUT2D eigenvalue weighted by Gasteiger charge is 2.30. The summed E-state index contributed by atoms with van der Waals surface area (Å²) in [6.45, 7) is 2.71. The second kappa shape index (κ2) is 9.77. The Hall–Kier alpha value is -3.15. The number of piperazine rings is 1. The lowest BCUT2D eigenvalue weighted by molar-refractivity contribution is -0.120. The molecular weight excluding hydrogens is 448 g/mol. The van der Waals surface area contributed by atoms with Crippen LogP contribution in [0.4, 0.5) is 11.4 Å². The number of nitrogens with one attached hydrogen (secondary N) is 2. The van der Waals surface area contributed by atoms with E-state index in [1.165, 1.54) is 29.6 Å². The topological polar surface area (TPSA) is 117 Å². The smallest absolute Gasteiger partial charge is 0.255 e. The number of carbonyl (C=O) groups is 2. The minimum atomic E-state index is -3.85. The first kappa shape index (κ1) is 23.0. The molecule has 176 valence electrons. The number of benzene rings is 2. The summed E-state index contributed by atoms with van der Waals surface area (Å²) in [7, 11) is -2.46. The number of sulfonamides is 1. The zero-order valence-electron chi connectivity index (χ0n) is 18.2. The predicted molar refractivity (Wildman–Crippen MR) is 122 cm³/mol. The Kier molecular flexibility index (Phi) is 6.82. The van der Waals surface area contributed by atoms with Gasteiger partial charge in [0.15, 0.2) is 0 Å². The van der Waals surface area contributed by atoms with Gasteiger partial charge in [0.2, 0.25) is 15.9 Å². The van der Waals surface area contributed by atoms with Crippen LogP contribution in [0, 0.1) is 0 Å². The first-order valence-electron chi connectivity index (χ1n) is 10.6. The highest BCUT2D eigenvalue weighted by atomic mass is 32.2. The molecule has 2 N–H and O–H groups in total. The number of rotatable bonds is 6. The van der Waals surface area contributed by atoms with E-state index < -0.39 is 15.9 Å². The molecule has 2 saturated heterocycles. The van der Waals surface area contributed by atoms with Gasteiger partial charge in [-0.3, -0.25) is 9.59 Å². The fraction of sp³-hybridized carbons (Fsp3) is 0.364.